The molecule has 1 fully saturated rings. The molecule has 0 unspecified atom stereocenters. The predicted molar refractivity (Wildman–Crippen MR) is 120 cm³/mol. The van der Waals surface area contributed by atoms with Gasteiger partial charge in [-0.2, -0.15) is 0 Å². The molecule has 2 aromatic rings. The molecule has 0 aliphatic carbocycles. The standard InChI is InChI=1S/C23H31N3O4S/c1-3-4-16-31(28,29)25-14-11-20(12-15-25)26(18-19-8-6-5-7-9-19)23(27)22-17-21(30-2)10-13-24-22/h5-10,13,17,20H,3-4,11-12,14-16,18H2,1-2H3. The Hall–Kier alpha value is -2.45. The van der Waals surface area contributed by atoms with Gasteiger partial charge in [0.05, 0.1) is 12.9 Å². The SMILES string of the molecule is CCCCS(=O)(=O)N1CCC(N(Cc2ccccc2)C(=O)c2cc(OC)ccn2)CC1. The molecule has 168 valence electrons. The molecular weight excluding hydrogens is 414 g/mol. The van der Waals surface area contributed by atoms with E-state index in [2.05, 4.69) is 4.98 Å². The first kappa shape index (κ1) is 23.2. The van der Waals surface area contributed by atoms with Crippen molar-refractivity contribution in [1.29, 1.82) is 0 Å². The highest BCUT2D eigenvalue weighted by molar-refractivity contribution is 7.89. The van der Waals surface area contributed by atoms with E-state index in [4.69, 9.17) is 4.74 Å². The number of piperidine rings is 1. The lowest BCUT2D eigenvalue weighted by atomic mass is 10.0. The van der Waals surface area contributed by atoms with Crippen LogP contribution in [0, 0.1) is 0 Å². The lowest BCUT2D eigenvalue weighted by Gasteiger charge is -2.38. The van der Waals surface area contributed by atoms with Gasteiger partial charge < -0.3 is 9.64 Å². The largest absolute Gasteiger partial charge is 0.497 e. The maximum absolute atomic E-state index is 13.4. The molecule has 0 N–H and O–H groups in total. The quantitative estimate of drug-likeness (QED) is 0.592. The maximum atomic E-state index is 13.4. The number of hydrogen-bond donors (Lipinski definition) is 0. The minimum atomic E-state index is -3.23. The summed E-state index contributed by atoms with van der Waals surface area (Å²) in [5.41, 5.74) is 1.35. The molecule has 1 aliphatic rings. The highest BCUT2D eigenvalue weighted by Crippen LogP contribution is 2.24. The maximum Gasteiger partial charge on any atom is 0.273 e. The summed E-state index contributed by atoms with van der Waals surface area (Å²) < 4.78 is 31.9. The molecule has 2 heterocycles. The highest BCUT2D eigenvalue weighted by Gasteiger charge is 2.33. The fraction of sp³-hybridized carbons (Fsp3) is 0.478. The van der Waals surface area contributed by atoms with E-state index >= 15 is 0 Å². The zero-order valence-electron chi connectivity index (χ0n) is 18.2. The highest BCUT2D eigenvalue weighted by atomic mass is 32.2. The van der Waals surface area contributed by atoms with Gasteiger partial charge >= 0.3 is 0 Å². The number of rotatable bonds is 9. The number of benzene rings is 1. The van der Waals surface area contributed by atoms with Crippen molar-refractivity contribution in [1.82, 2.24) is 14.2 Å². The Morgan fingerprint density at radius 3 is 2.55 bits per heavy atom. The number of unbranched alkanes of at least 4 members (excludes halogenated alkanes) is 1. The topological polar surface area (TPSA) is 79.8 Å². The van der Waals surface area contributed by atoms with E-state index in [1.807, 2.05) is 42.2 Å². The number of nitrogens with zero attached hydrogens (tertiary/aromatic N) is 3. The van der Waals surface area contributed by atoms with Gasteiger partial charge in [-0.05, 0) is 30.9 Å². The number of carbonyl (C=O) groups is 1. The molecular formula is C23H31N3O4S. The molecule has 3 rings (SSSR count). The number of methoxy groups -OCH3 is 1. The molecule has 0 bridgehead atoms. The van der Waals surface area contributed by atoms with Gasteiger partial charge in [0.1, 0.15) is 11.4 Å². The Balaban J connectivity index is 1.78. The summed E-state index contributed by atoms with van der Waals surface area (Å²) >= 11 is 0. The van der Waals surface area contributed by atoms with E-state index in [9.17, 15) is 13.2 Å². The lowest BCUT2D eigenvalue weighted by molar-refractivity contribution is 0.0590. The summed E-state index contributed by atoms with van der Waals surface area (Å²) in [7, 11) is -1.68. The number of pyridine rings is 1. The first-order chi connectivity index (χ1) is 14.9. The van der Waals surface area contributed by atoms with Gasteiger partial charge in [-0.3, -0.25) is 9.78 Å². The van der Waals surface area contributed by atoms with E-state index in [1.165, 1.54) is 0 Å². The van der Waals surface area contributed by atoms with E-state index in [0.717, 1.165) is 12.0 Å². The molecule has 1 aromatic carbocycles. The van der Waals surface area contributed by atoms with Crippen LogP contribution in [0.4, 0.5) is 0 Å². The number of amides is 1. The van der Waals surface area contributed by atoms with E-state index < -0.39 is 10.0 Å². The van der Waals surface area contributed by atoms with Crippen molar-refractivity contribution < 1.29 is 17.9 Å². The molecule has 1 saturated heterocycles. The summed E-state index contributed by atoms with van der Waals surface area (Å²) in [5, 5.41) is 0. The normalized spacial score (nSPS) is 15.5. The van der Waals surface area contributed by atoms with Gasteiger partial charge in [-0.1, -0.05) is 43.7 Å². The Kier molecular flexibility index (Phi) is 8.03. The molecule has 0 spiro atoms. The minimum absolute atomic E-state index is 0.0571. The number of sulfonamides is 1. The molecule has 7 nitrogen and oxygen atoms in total. The van der Waals surface area contributed by atoms with Crippen molar-refractivity contribution in [3.63, 3.8) is 0 Å². The van der Waals surface area contributed by atoms with Crippen LogP contribution in [0.3, 0.4) is 0 Å². The molecule has 0 saturated carbocycles. The summed E-state index contributed by atoms with van der Waals surface area (Å²) in [6.07, 6.45) is 4.29. The zero-order chi connectivity index (χ0) is 22.3. The summed E-state index contributed by atoms with van der Waals surface area (Å²) in [6, 6.07) is 13.1. The third-order valence-electron chi connectivity index (χ3n) is 5.66. The number of aromatic nitrogens is 1. The Bertz CT molecular complexity index is 958. The first-order valence-corrected chi connectivity index (χ1v) is 12.4. The molecule has 0 radical (unpaired) electrons. The average Bonchev–Trinajstić information content (AvgIpc) is 2.81. The molecule has 1 aliphatic heterocycles. The van der Waals surface area contributed by atoms with Gasteiger partial charge in [0.15, 0.2) is 0 Å². The van der Waals surface area contributed by atoms with Crippen molar-refractivity contribution in [3.05, 3.63) is 59.9 Å². The average molecular weight is 446 g/mol. The second-order valence-electron chi connectivity index (χ2n) is 7.80. The van der Waals surface area contributed by atoms with Crippen LogP contribution in [-0.2, 0) is 16.6 Å². The summed E-state index contributed by atoms with van der Waals surface area (Å²) in [5.74, 6) is 0.596. The van der Waals surface area contributed by atoms with Crippen LogP contribution in [0.1, 0.15) is 48.7 Å². The van der Waals surface area contributed by atoms with Crippen LogP contribution in [-0.4, -0.2) is 60.5 Å². The van der Waals surface area contributed by atoms with Crippen molar-refractivity contribution in [2.75, 3.05) is 26.0 Å². The third kappa shape index (κ3) is 6.04. The van der Waals surface area contributed by atoms with Gasteiger partial charge in [-0.25, -0.2) is 12.7 Å². The predicted octanol–water partition coefficient (Wildman–Crippen LogP) is 3.33. The van der Waals surface area contributed by atoms with Crippen LogP contribution < -0.4 is 4.74 Å². The second-order valence-corrected chi connectivity index (χ2v) is 9.89. The van der Waals surface area contributed by atoms with Crippen LogP contribution in [0.25, 0.3) is 0 Å². The smallest absolute Gasteiger partial charge is 0.273 e. The molecule has 1 amide bonds. The van der Waals surface area contributed by atoms with Crippen molar-refractivity contribution in [2.24, 2.45) is 0 Å². The number of ether oxygens (including phenoxy) is 1. The Morgan fingerprint density at radius 2 is 1.90 bits per heavy atom. The van der Waals surface area contributed by atoms with Crippen LogP contribution in [0.2, 0.25) is 0 Å². The lowest BCUT2D eigenvalue weighted by Crippen LogP contribution is -2.49. The first-order valence-electron chi connectivity index (χ1n) is 10.8. The fourth-order valence-corrected chi connectivity index (χ4v) is 5.52. The minimum Gasteiger partial charge on any atom is -0.497 e. The van der Waals surface area contributed by atoms with Gasteiger partial charge in [0.25, 0.3) is 5.91 Å². The molecule has 31 heavy (non-hydrogen) atoms. The van der Waals surface area contributed by atoms with Crippen molar-refractivity contribution in [2.45, 2.75) is 45.2 Å². The summed E-state index contributed by atoms with van der Waals surface area (Å²) in [6.45, 7) is 3.30. The molecule has 1 aromatic heterocycles. The molecule has 8 heteroatoms. The van der Waals surface area contributed by atoms with Crippen molar-refractivity contribution in [3.8, 4) is 5.75 Å². The zero-order valence-corrected chi connectivity index (χ0v) is 19.1. The second kappa shape index (κ2) is 10.7. The summed E-state index contributed by atoms with van der Waals surface area (Å²) in [4.78, 5) is 19.5. The van der Waals surface area contributed by atoms with Gasteiger partial charge in [0, 0.05) is 37.9 Å². The van der Waals surface area contributed by atoms with Crippen LogP contribution in [0.15, 0.2) is 48.7 Å². The number of hydrogen-bond acceptors (Lipinski definition) is 5. The van der Waals surface area contributed by atoms with Crippen molar-refractivity contribution >= 4 is 15.9 Å². The monoisotopic (exact) mass is 445 g/mol. The number of carbonyl (C=O) groups excluding carboxylic acids is 1. The van der Waals surface area contributed by atoms with E-state index in [1.54, 1.807) is 29.7 Å². The molecule has 0 atom stereocenters. The van der Waals surface area contributed by atoms with E-state index in [-0.39, 0.29) is 17.7 Å². The Morgan fingerprint density at radius 1 is 1.19 bits per heavy atom. The van der Waals surface area contributed by atoms with Gasteiger partial charge in [0.2, 0.25) is 10.0 Å². The fourth-order valence-electron chi connectivity index (χ4n) is 3.84. The van der Waals surface area contributed by atoms with Crippen LogP contribution >= 0.6 is 0 Å². The van der Waals surface area contributed by atoms with Gasteiger partial charge in [-0.15, -0.1) is 0 Å². The third-order valence-corrected chi connectivity index (χ3v) is 7.61. The van der Waals surface area contributed by atoms with Crippen LogP contribution in [0.5, 0.6) is 5.75 Å². The Labute approximate surface area is 185 Å². The van der Waals surface area contributed by atoms with E-state index in [0.29, 0.717) is 50.3 Å².